The van der Waals surface area contributed by atoms with Gasteiger partial charge >= 0.3 is 0 Å². The molecule has 0 heterocycles. The fourth-order valence-electron chi connectivity index (χ4n) is 0.923. The van der Waals surface area contributed by atoms with Gasteiger partial charge in [0, 0.05) is 6.42 Å². The molecule has 1 rings (SSSR count). The van der Waals surface area contributed by atoms with Crippen molar-refractivity contribution < 1.29 is 4.39 Å². The Morgan fingerprint density at radius 3 is 2.55 bits per heavy atom. The molecular weight excluding hydrogens is 141 g/mol. The van der Waals surface area contributed by atoms with Crippen molar-refractivity contribution in [1.29, 1.82) is 0 Å². The lowest BCUT2D eigenvalue weighted by Gasteiger charge is -2.05. The molecule has 0 aliphatic rings. The van der Waals surface area contributed by atoms with Crippen molar-refractivity contribution in [3.05, 3.63) is 35.9 Å². The van der Waals surface area contributed by atoms with Crippen molar-refractivity contribution in [2.75, 3.05) is 7.05 Å². The van der Waals surface area contributed by atoms with E-state index >= 15 is 0 Å². The molecule has 0 aliphatic heterocycles. The standard InChI is InChI=1S/C9H12FN/c1-11-9(10)7-8-5-3-2-4-6-8/h2-6,9,11H,7H2,1H3. The molecule has 0 amide bonds. The fraction of sp³-hybridized carbons (Fsp3) is 0.333. The summed E-state index contributed by atoms with van der Waals surface area (Å²) < 4.78 is 12.7. The highest BCUT2D eigenvalue weighted by Gasteiger charge is 2.01. The minimum Gasteiger partial charge on any atom is -0.291 e. The minimum absolute atomic E-state index is 0.442. The third-order valence-corrected chi connectivity index (χ3v) is 1.57. The second-order valence-electron chi connectivity index (χ2n) is 2.45. The average molecular weight is 153 g/mol. The van der Waals surface area contributed by atoms with Gasteiger partial charge in [-0.2, -0.15) is 0 Å². The van der Waals surface area contributed by atoms with Gasteiger partial charge in [-0.15, -0.1) is 0 Å². The third kappa shape index (κ3) is 2.68. The first-order valence-electron chi connectivity index (χ1n) is 3.68. The Morgan fingerprint density at radius 2 is 2.00 bits per heavy atom. The zero-order chi connectivity index (χ0) is 8.10. The number of hydrogen-bond donors (Lipinski definition) is 1. The number of rotatable bonds is 3. The number of benzene rings is 1. The maximum absolute atomic E-state index is 12.7. The van der Waals surface area contributed by atoms with Crippen LogP contribution in [0.5, 0.6) is 0 Å². The van der Waals surface area contributed by atoms with Crippen molar-refractivity contribution in [3.8, 4) is 0 Å². The fourth-order valence-corrected chi connectivity index (χ4v) is 0.923. The van der Waals surface area contributed by atoms with Gasteiger partial charge in [0.05, 0.1) is 0 Å². The van der Waals surface area contributed by atoms with E-state index < -0.39 is 6.30 Å². The summed E-state index contributed by atoms with van der Waals surface area (Å²) in [6.07, 6.45) is -0.491. The molecule has 2 heteroatoms. The van der Waals surface area contributed by atoms with Crippen LogP contribution >= 0.6 is 0 Å². The smallest absolute Gasteiger partial charge is 0.154 e. The van der Waals surface area contributed by atoms with Gasteiger partial charge in [0.25, 0.3) is 0 Å². The molecule has 0 spiro atoms. The SMILES string of the molecule is CNC(F)Cc1ccccc1. The summed E-state index contributed by atoms with van der Waals surface area (Å²) in [5, 5.41) is 2.55. The Hall–Kier alpha value is -0.890. The first kappa shape index (κ1) is 8.21. The van der Waals surface area contributed by atoms with E-state index in [4.69, 9.17) is 0 Å². The van der Waals surface area contributed by atoms with Crippen LogP contribution in [0.25, 0.3) is 0 Å². The summed E-state index contributed by atoms with van der Waals surface area (Å²) in [5.41, 5.74) is 1.02. The van der Waals surface area contributed by atoms with Crippen molar-refractivity contribution >= 4 is 0 Å². The topological polar surface area (TPSA) is 12.0 Å². The lowest BCUT2D eigenvalue weighted by atomic mass is 10.1. The zero-order valence-electron chi connectivity index (χ0n) is 6.55. The van der Waals surface area contributed by atoms with E-state index in [1.807, 2.05) is 30.3 Å². The molecule has 11 heavy (non-hydrogen) atoms. The first-order chi connectivity index (χ1) is 5.33. The van der Waals surface area contributed by atoms with Crippen LogP contribution in [0.2, 0.25) is 0 Å². The van der Waals surface area contributed by atoms with Crippen LogP contribution in [-0.2, 0) is 6.42 Å². The second-order valence-corrected chi connectivity index (χ2v) is 2.45. The molecule has 0 radical (unpaired) electrons. The predicted octanol–water partition coefficient (Wildman–Crippen LogP) is 1.74. The van der Waals surface area contributed by atoms with E-state index in [9.17, 15) is 4.39 Å². The van der Waals surface area contributed by atoms with Gasteiger partial charge in [-0.25, -0.2) is 4.39 Å². The summed E-state index contributed by atoms with van der Waals surface area (Å²) in [4.78, 5) is 0. The summed E-state index contributed by atoms with van der Waals surface area (Å²) in [6.45, 7) is 0. The normalized spacial score (nSPS) is 12.9. The Morgan fingerprint density at radius 1 is 1.36 bits per heavy atom. The molecule has 1 N–H and O–H groups in total. The van der Waals surface area contributed by atoms with Crippen molar-refractivity contribution in [2.24, 2.45) is 0 Å². The van der Waals surface area contributed by atoms with Crippen molar-refractivity contribution in [3.63, 3.8) is 0 Å². The highest BCUT2D eigenvalue weighted by Crippen LogP contribution is 2.02. The summed E-state index contributed by atoms with van der Waals surface area (Å²) in [6, 6.07) is 9.60. The van der Waals surface area contributed by atoms with Crippen LogP contribution in [0.4, 0.5) is 4.39 Å². The maximum atomic E-state index is 12.7. The number of hydrogen-bond acceptors (Lipinski definition) is 1. The summed E-state index contributed by atoms with van der Waals surface area (Å²) in [7, 11) is 1.62. The van der Waals surface area contributed by atoms with Gasteiger partial charge in [0.15, 0.2) is 6.30 Å². The third-order valence-electron chi connectivity index (χ3n) is 1.57. The largest absolute Gasteiger partial charge is 0.291 e. The van der Waals surface area contributed by atoms with Crippen LogP contribution < -0.4 is 5.32 Å². The lowest BCUT2D eigenvalue weighted by Crippen LogP contribution is -2.21. The molecular formula is C9H12FN. The Labute approximate surface area is 66.2 Å². The highest BCUT2D eigenvalue weighted by molar-refractivity contribution is 5.15. The molecule has 0 fully saturated rings. The van der Waals surface area contributed by atoms with Gasteiger partial charge < -0.3 is 0 Å². The molecule has 1 aromatic carbocycles. The molecule has 0 aliphatic carbocycles. The number of nitrogens with one attached hydrogen (secondary N) is 1. The number of halogens is 1. The molecule has 0 saturated carbocycles. The van der Waals surface area contributed by atoms with Gasteiger partial charge in [-0.1, -0.05) is 30.3 Å². The monoisotopic (exact) mass is 153 g/mol. The molecule has 1 unspecified atom stereocenters. The molecule has 1 nitrogen and oxygen atoms in total. The first-order valence-corrected chi connectivity index (χ1v) is 3.68. The molecule has 1 aromatic rings. The predicted molar refractivity (Wildman–Crippen MR) is 44.1 cm³/mol. The molecule has 1 atom stereocenters. The van der Waals surface area contributed by atoms with E-state index in [0.717, 1.165) is 5.56 Å². The van der Waals surface area contributed by atoms with Crippen LogP contribution in [0.3, 0.4) is 0 Å². The van der Waals surface area contributed by atoms with E-state index in [2.05, 4.69) is 5.32 Å². The molecule has 0 bridgehead atoms. The van der Waals surface area contributed by atoms with E-state index in [0.29, 0.717) is 6.42 Å². The van der Waals surface area contributed by atoms with Crippen molar-refractivity contribution in [1.82, 2.24) is 5.32 Å². The van der Waals surface area contributed by atoms with E-state index in [1.165, 1.54) is 0 Å². The Bertz CT molecular complexity index is 198. The van der Waals surface area contributed by atoms with Gasteiger partial charge in [-0.3, -0.25) is 5.32 Å². The zero-order valence-corrected chi connectivity index (χ0v) is 6.55. The summed E-state index contributed by atoms with van der Waals surface area (Å²) >= 11 is 0. The van der Waals surface area contributed by atoms with Crippen LogP contribution in [0.15, 0.2) is 30.3 Å². The second kappa shape index (κ2) is 4.09. The van der Waals surface area contributed by atoms with E-state index in [1.54, 1.807) is 7.05 Å². The lowest BCUT2D eigenvalue weighted by molar-refractivity contribution is 0.290. The summed E-state index contributed by atoms with van der Waals surface area (Å²) in [5.74, 6) is 0. The van der Waals surface area contributed by atoms with Gasteiger partial charge in [0.1, 0.15) is 0 Å². The quantitative estimate of drug-likeness (QED) is 0.652. The number of alkyl halides is 1. The molecule has 0 aromatic heterocycles. The van der Waals surface area contributed by atoms with Gasteiger partial charge in [0.2, 0.25) is 0 Å². The van der Waals surface area contributed by atoms with Crippen LogP contribution in [-0.4, -0.2) is 13.3 Å². The molecule has 60 valence electrons. The Kier molecular flexibility index (Phi) is 3.05. The maximum Gasteiger partial charge on any atom is 0.154 e. The van der Waals surface area contributed by atoms with Gasteiger partial charge in [-0.05, 0) is 12.6 Å². The minimum atomic E-state index is -0.933. The van der Waals surface area contributed by atoms with Crippen LogP contribution in [0, 0.1) is 0 Å². The molecule has 0 saturated heterocycles. The van der Waals surface area contributed by atoms with Crippen LogP contribution in [0.1, 0.15) is 5.56 Å². The highest BCUT2D eigenvalue weighted by atomic mass is 19.1. The Balaban J connectivity index is 2.51. The number of likely N-dealkylation sites (N-methyl/N-ethyl adjacent to an activating group) is 1. The van der Waals surface area contributed by atoms with E-state index in [-0.39, 0.29) is 0 Å². The van der Waals surface area contributed by atoms with Crippen molar-refractivity contribution in [2.45, 2.75) is 12.7 Å². The average Bonchev–Trinajstić information content (AvgIpc) is 2.06.